The Morgan fingerprint density at radius 1 is 1.00 bits per heavy atom. The van der Waals surface area contributed by atoms with Gasteiger partial charge in [-0.3, -0.25) is 19.8 Å². The Balaban J connectivity index is 1.84. The summed E-state index contributed by atoms with van der Waals surface area (Å²) in [6.07, 6.45) is -1.45. The van der Waals surface area contributed by atoms with Gasteiger partial charge in [-0.1, -0.05) is 42.5 Å². The van der Waals surface area contributed by atoms with E-state index in [1.54, 1.807) is 24.3 Å². The Bertz CT molecular complexity index is 1010. The first-order valence-electron chi connectivity index (χ1n) is 8.48. The molecule has 2 aromatic rings. The summed E-state index contributed by atoms with van der Waals surface area (Å²) in [6, 6.07) is 11.6. The van der Waals surface area contributed by atoms with Crippen LogP contribution < -0.4 is 5.32 Å². The summed E-state index contributed by atoms with van der Waals surface area (Å²) >= 11 is 5.00. The maximum absolute atomic E-state index is 12.7. The van der Waals surface area contributed by atoms with Gasteiger partial charge in [-0.2, -0.15) is 13.2 Å². The summed E-state index contributed by atoms with van der Waals surface area (Å²) in [5.41, 5.74) is 1.13. The first-order chi connectivity index (χ1) is 13.7. The molecule has 1 N–H and O–H groups in total. The molecule has 2 amide bonds. The Hall–Kier alpha value is -3.26. The molecule has 1 heterocycles. The van der Waals surface area contributed by atoms with E-state index < -0.39 is 23.6 Å². The van der Waals surface area contributed by atoms with Crippen LogP contribution in [-0.4, -0.2) is 28.4 Å². The number of halogens is 3. The Morgan fingerprint density at radius 2 is 1.55 bits per heavy atom. The number of amides is 2. The van der Waals surface area contributed by atoms with E-state index in [1.807, 2.05) is 0 Å². The van der Waals surface area contributed by atoms with Crippen LogP contribution in [0.15, 0.2) is 66.8 Å². The molecule has 29 heavy (non-hydrogen) atoms. The molecule has 1 fully saturated rings. The van der Waals surface area contributed by atoms with Gasteiger partial charge in [-0.05, 0) is 47.1 Å². The highest BCUT2D eigenvalue weighted by molar-refractivity contribution is 7.80. The molecular weight excluding hydrogens is 401 g/mol. The minimum atomic E-state index is -4.39. The van der Waals surface area contributed by atoms with Crippen molar-refractivity contribution >= 4 is 35.2 Å². The van der Waals surface area contributed by atoms with E-state index in [4.69, 9.17) is 12.2 Å². The Morgan fingerprint density at radius 3 is 2.07 bits per heavy atom. The number of alkyl halides is 3. The van der Waals surface area contributed by atoms with Crippen molar-refractivity contribution in [1.29, 1.82) is 0 Å². The van der Waals surface area contributed by atoms with Crippen molar-refractivity contribution in [3.8, 4) is 11.1 Å². The van der Waals surface area contributed by atoms with Crippen LogP contribution in [0.4, 0.5) is 13.2 Å². The van der Waals surface area contributed by atoms with E-state index in [0.717, 1.165) is 12.1 Å². The normalized spacial score (nSPS) is 16.2. The van der Waals surface area contributed by atoms with Crippen molar-refractivity contribution < 1.29 is 22.8 Å². The molecular formula is C21H15F3N2O2S. The topological polar surface area (TPSA) is 49.4 Å². The predicted molar refractivity (Wildman–Crippen MR) is 108 cm³/mol. The number of carbonyl (C=O) groups is 2. The van der Waals surface area contributed by atoms with Crippen molar-refractivity contribution in [2.75, 3.05) is 6.54 Å². The molecule has 1 saturated heterocycles. The average Bonchev–Trinajstić information content (AvgIpc) is 2.68. The molecule has 4 nitrogen and oxygen atoms in total. The van der Waals surface area contributed by atoms with Gasteiger partial charge >= 0.3 is 6.18 Å². The van der Waals surface area contributed by atoms with E-state index >= 15 is 0 Å². The van der Waals surface area contributed by atoms with E-state index in [-0.39, 0.29) is 17.2 Å². The summed E-state index contributed by atoms with van der Waals surface area (Å²) < 4.78 is 38.0. The number of hydrogen-bond acceptors (Lipinski definition) is 3. The first kappa shape index (κ1) is 20.5. The Kier molecular flexibility index (Phi) is 5.65. The van der Waals surface area contributed by atoms with Crippen molar-refractivity contribution in [2.24, 2.45) is 0 Å². The molecule has 0 spiro atoms. The maximum atomic E-state index is 12.7. The summed E-state index contributed by atoms with van der Waals surface area (Å²) in [5.74, 6) is -1.11. The number of carbonyl (C=O) groups excluding carboxylic acids is 2. The molecule has 2 aromatic carbocycles. The van der Waals surface area contributed by atoms with Gasteiger partial charge in [0.25, 0.3) is 11.8 Å². The lowest BCUT2D eigenvalue weighted by molar-refractivity contribution is -0.137. The van der Waals surface area contributed by atoms with Crippen molar-refractivity contribution in [3.05, 3.63) is 77.9 Å². The molecule has 0 radical (unpaired) electrons. The SMILES string of the molecule is C=CCN1C(=O)/C(=C/c2ccc(-c3ccc(C(F)(F)F)cc3)cc2)C(=O)NC1=S. The standard InChI is InChI=1S/C21H15F3N2O2S/c1-2-11-26-19(28)17(18(27)25-20(26)29)12-13-3-5-14(6-4-13)15-7-9-16(10-8-15)21(22,23)24/h2-10,12H,1,11H2,(H,25,27,29)/b17-12+. The molecule has 0 atom stereocenters. The fourth-order valence-corrected chi connectivity index (χ4v) is 3.03. The number of rotatable bonds is 4. The third kappa shape index (κ3) is 4.43. The van der Waals surface area contributed by atoms with Crippen LogP contribution in [0.1, 0.15) is 11.1 Å². The molecule has 0 bridgehead atoms. The highest BCUT2D eigenvalue weighted by Crippen LogP contribution is 2.31. The molecule has 0 saturated carbocycles. The molecule has 148 valence electrons. The van der Waals surface area contributed by atoms with Gasteiger partial charge in [0, 0.05) is 6.54 Å². The van der Waals surface area contributed by atoms with Gasteiger partial charge in [0.05, 0.1) is 5.56 Å². The zero-order chi connectivity index (χ0) is 21.2. The van der Waals surface area contributed by atoms with Crippen LogP contribution >= 0.6 is 12.2 Å². The minimum absolute atomic E-state index is 0.0229. The zero-order valence-electron chi connectivity index (χ0n) is 15.0. The second-order valence-corrected chi connectivity index (χ2v) is 6.61. The molecule has 8 heteroatoms. The summed E-state index contributed by atoms with van der Waals surface area (Å²) in [6.45, 7) is 3.73. The fraction of sp³-hybridized carbons (Fsp3) is 0.0952. The van der Waals surface area contributed by atoms with E-state index in [0.29, 0.717) is 16.7 Å². The van der Waals surface area contributed by atoms with Gasteiger partial charge in [0.1, 0.15) is 5.57 Å². The van der Waals surface area contributed by atoms with Crippen molar-refractivity contribution in [3.63, 3.8) is 0 Å². The van der Waals surface area contributed by atoms with Crippen LogP contribution in [0, 0.1) is 0 Å². The number of thiocarbonyl (C=S) groups is 1. The van der Waals surface area contributed by atoms with Crippen LogP contribution in [0.5, 0.6) is 0 Å². The monoisotopic (exact) mass is 416 g/mol. The van der Waals surface area contributed by atoms with Crippen molar-refractivity contribution in [2.45, 2.75) is 6.18 Å². The number of hydrogen-bond donors (Lipinski definition) is 1. The highest BCUT2D eigenvalue weighted by Gasteiger charge is 2.32. The fourth-order valence-electron chi connectivity index (χ4n) is 2.78. The Labute approximate surface area is 170 Å². The molecule has 1 aliphatic rings. The van der Waals surface area contributed by atoms with E-state index in [2.05, 4.69) is 11.9 Å². The summed E-state index contributed by atoms with van der Waals surface area (Å²) in [7, 11) is 0. The summed E-state index contributed by atoms with van der Waals surface area (Å²) in [4.78, 5) is 25.9. The smallest absolute Gasteiger partial charge is 0.298 e. The number of nitrogens with one attached hydrogen (secondary N) is 1. The van der Waals surface area contributed by atoms with Gasteiger partial charge in [-0.25, -0.2) is 0 Å². The predicted octanol–water partition coefficient (Wildman–Crippen LogP) is 4.19. The van der Waals surface area contributed by atoms with E-state index in [9.17, 15) is 22.8 Å². The zero-order valence-corrected chi connectivity index (χ0v) is 15.8. The minimum Gasteiger partial charge on any atom is -0.298 e. The lowest BCUT2D eigenvalue weighted by Crippen LogP contribution is -2.53. The molecule has 0 aromatic heterocycles. The lowest BCUT2D eigenvalue weighted by Gasteiger charge is -2.27. The largest absolute Gasteiger partial charge is 0.416 e. The maximum Gasteiger partial charge on any atom is 0.416 e. The molecule has 3 rings (SSSR count). The van der Waals surface area contributed by atoms with E-state index in [1.165, 1.54) is 29.2 Å². The lowest BCUT2D eigenvalue weighted by atomic mass is 10.0. The van der Waals surface area contributed by atoms with Gasteiger partial charge < -0.3 is 0 Å². The first-order valence-corrected chi connectivity index (χ1v) is 8.89. The van der Waals surface area contributed by atoms with Gasteiger partial charge in [-0.15, -0.1) is 6.58 Å². The van der Waals surface area contributed by atoms with Crippen LogP contribution in [0.3, 0.4) is 0 Å². The average molecular weight is 416 g/mol. The molecule has 0 unspecified atom stereocenters. The molecule has 0 aliphatic carbocycles. The highest BCUT2D eigenvalue weighted by atomic mass is 32.1. The van der Waals surface area contributed by atoms with Crippen LogP contribution in [0.2, 0.25) is 0 Å². The third-order valence-corrected chi connectivity index (χ3v) is 4.59. The number of benzene rings is 2. The van der Waals surface area contributed by atoms with Gasteiger partial charge in [0.2, 0.25) is 0 Å². The van der Waals surface area contributed by atoms with Crippen LogP contribution in [0.25, 0.3) is 17.2 Å². The van der Waals surface area contributed by atoms with Crippen molar-refractivity contribution in [1.82, 2.24) is 10.2 Å². The number of nitrogens with zero attached hydrogens (tertiary/aromatic N) is 1. The summed E-state index contributed by atoms with van der Waals surface area (Å²) in [5, 5.41) is 2.48. The van der Waals surface area contributed by atoms with Crippen LogP contribution in [-0.2, 0) is 15.8 Å². The second kappa shape index (κ2) is 8.00. The second-order valence-electron chi connectivity index (χ2n) is 6.22. The third-order valence-electron chi connectivity index (χ3n) is 4.26. The van der Waals surface area contributed by atoms with Gasteiger partial charge in [0.15, 0.2) is 5.11 Å². The quantitative estimate of drug-likeness (QED) is 0.352. The molecule has 1 aliphatic heterocycles.